The molecule has 3 heteroatoms. The highest BCUT2D eigenvalue weighted by atomic mass is 16.5. The molecule has 1 aromatic carbocycles. The summed E-state index contributed by atoms with van der Waals surface area (Å²) in [6, 6.07) is 6.48. The van der Waals surface area contributed by atoms with E-state index in [0.717, 1.165) is 17.9 Å². The molecule has 0 fully saturated rings. The topological polar surface area (TPSA) is 41.5 Å². The fourth-order valence-corrected chi connectivity index (χ4v) is 2.82. The molecule has 0 bridgehead atoms. The summed E-state index contributed by atoms with van der Waals surface area (Å²) in [7, 11) is 0. The van der Waals surface area contributed by atoms with Gasteiger partial charge in [0.05, 0.1) is 13.2 Å². The molecule has 0 radical (unpaired) electrons. The van der Waals surface area contributed by atoms with Crippen LogP contribution in [0.5, 0.6) is 5.75 Å². The molecule has 21 heavy (non-hydrogen) atoms. The minimum Gasteiger partial charge on any atom is -0.494 e. The molecular weight excluding hydrogens is 262 g/mol. The summed E-state index contributed by atoms with van der Waals surface area (Å²) < 4.78 is 5.51. The van der Waals surface area contributed by atoms with E-state index in [-0.39, 0.29) is 6.61 Å². The van der Waals surface area contributed by atoms with E-state index in [1.54, 1.807) is 0 Å². The van der Waals surface area contributed by atoms with E-state index >= 15 is 0 Å². The second-order valence-corrected chi connectivity index (χ2v) is 5.66. The Morgan fingerprint density at radius 1 is 1.33 bits per heavy atom. The van der Waals surface area contributed by atoms with Crippen LogP contribution in [0.2, 0.25) is 0 Å². The number of nitrogens with one attached hydrogen (secondary N) is 1. The number of hydrogen-bond acceptors (Lipinski definition) is 3. The first-order valence-electron chi connectivity index (χ1n) is 8.02. The van der Waals surface area contributed by atoms with Gasteiger partial charge in [-0.15, -0.1) is 0 Å². The Hall–Kier alpha value is -1.32. The van der Waals surface area contributed by atoms with Crippen LogP contribution < -0.4 is 10.1 Å². The van der Waals surface area contributed by atoms with Crippen LogP contribution in [-0.4, -0.2) is 17.8 Å². The maximum absolute atomic E-state index is 9.44. The van der Waals surface area contributed by atoms with Crippen molar-refractivity contribution in [1.82, 2.24) is 5.32 Å². The molecule has 0 aromatic heterocycles. The Balaban J connectivity index is 1.94. The average Bonchev–Trinajstić information content (AvgIpc) is 2.54. The van der Waals surface area contributed by atoms with Crippen LogP contribution in [-0.2, 0) is 13.2 Å². The van der Waals surface area contributed by atoms with Gasteiger partial charge in [-0.2, -0.15) is 0 Å². The summed E-state index contributed by atoms with van der Waals surface area (Å²) in [5.74, 6) is 0.784. The van der Waals surface area contributed by atoms with Crippen LogP contribution in [0.4, 0.5) is 0 Å². The lowest BCUT2D eigenvalue weighted by atomic mass is 9.94. The van der Waals surface area contributed by atoms with Crippen LogP contribution in [0.1, 0.15) is 50.7 Å². The zero-order valence-corrected chi connectivity index (χ0v) is 13.2. The van der Waals surface area contributed by atoms with Gasteiger partial charge in [-0.05, 0) is 57.2 Å². The Kier molecular flexibility index (Phi) is 6.27. The molecule has 1 atom stereocenters. The summed E-state index contributed by atoms with van der Waals surface area (Å²) in [5.41, 5.74) is 3.58. The second-order valence-electron chi connectivity index (χ2n) is 5.66. The van der Waals surface area contributed by atoms with Gasteiger partial charge in [0.15, 0.2) is 0 Å². The summed E-state index contributed by atoms with van der Waals surface area (Å²) in [6.07, 6.45) is 7.47. The van der Waals surface area contributed by atoms with E-state index in [1.165, 1.54) is 36.8 Å². The Labute approximate surface area is 128 Å². The molecular formula is C18H27NO2. The smallest absolute Gasteiger partial charge is 0.124 e. The molecule has 0 heterocycles. The second kappa shape index (κ2) is 8.20. The minimum atomic E-state index is 0.0177. The Morgan fingerprint density at radius 2 is 2.19 bits per heavy atom. The quantitative estimate of drug-likeness (QED) is 0.754. The standard InChI is InChI=1S/C18H27NO2/c1-3-21-18-10-9-15(11-17(18)13-20)12-19-14(2)16-7-5-4-6-8-16/h7,9-11,14,19-20H,3-6,8,12-13H2,1-2H3. The molecule has 0 saturated carbocycles. The van der Waals surface area contributed by atoms with Crippen molar-refractivity contribution < 1.29 is 9.84 Å². The van der Waals surface area contributed by atoms with Gasteiger partial charge in [-0.25, -0.2) is 0 Å². The van der Waals surface area contributed by atoms with Crippen molar-refractivity contribution in [2.75, 3.05) is 6.61 Å². The monoisotopic (exact) mass is 289 g/mol. The summed E-state index contributed by atoms with van der Waals surface area (Å²) in [5, 5.41) is 13.0. The largest absolute Gasteiger partial charge is 0.494 e. The van der Waals surface area contributed by atoms with E-state index in [4.69, 9.17) is 4.74 Å². The third-order valence-electron chi connectivity index (χ3n) is 4.09. The van der Waals surface area contributed by atoms with Gasteiger partial charge in [-0.1, -0.05) is 17.7 Å². The average molecular weight is 289 g/mol. The number of benzene rings is 1. The highest BCUT2D eigenvalue weighted by molar-refractivity contribution is 5.37. The maximum Gasteiger partial charge on any atom is 0.124 e. The highest BCUT2D eigenvalue weighted by Gasteiger charge is 2.11. The molecule has 2 rings (SSSR count). The van der Waals surface area contributed by atoms with Crippen molar-refractivity contribution in [3.8, 4) is 5.75 Å². The van der Waals surface area contributed by atoms with Crippen molar-refractivity contribution in [2.24, 2.45) is 0 Å². The van der Waals surface area contributed by atoms with Gasteiger partial charge in [0.2, 0.25) is 0 Å². The minimum absolute atomic E-state index is 0.0177. The first-order chi connectivity index (χ1) is 10.2. The Bertz CT molecular complexity index is 482. The molecule has 1 aromatic rings. The lowest BCUT2D eigenvalue weighted by Gasteiger charge is -2.21. The van der Waals surface area contributed by atoms with Crippen LogP contribution in [0.3, 0.4) is 0 Å². The Morgan fingerprint density at radius 3 is 2.86 bits per heavy atom. The molecule has 3 nitrogen and oxygen atoms in total. The van der Waals surface area contributed by atoms with Crippen molar-refractivity contribution >= 4 is 0 Å². The van der Waals surface area contributed by atoms with E-state index in [0.29, 0.717) is 12.6 Å². The lowest BCUT2D eigenvalue weighted by molar-refractivity contribution is 0.267. The van der Waals surface area contributed by atoms with Crippen LogP contribution >= 0.6 is 0 Å². The molecule has 0 saturated heterocycles. The summed E-state index contributed by atoms with van der Waals surface area (Å²) in [4.78, 5) is 0. The van der Waals surface area contributed by atoms with Crippen LogP contribution in [0, 0.1) is 0 Å². The predicted molar refractivity (Wildman–Crippen MR) is 86.4 cm³/mol. The number of ether oxygens (including phenoxy) is 1. The SMILES string of the molecule is CCOc1ccc(CNC(C)C2=CCCCC2)cc1CO. The van der Waals surface area contributed by atoms with Gasteiger partial charge in [-0.3, -0.25) is 0 Å². The third-order valence-corrected chi connectivity index (χ3v) is 4.09. The summed E-state index contributed by atoms with van der Waals surface area (Å²) >= 11 is 0. The molecule has 116 valence electrons. The fraction of sp³-hybridized carbons (Fsp3) is 0.556. The molecule has 1 aliphatic rings. The van der Waals surface area contributed by atoms with E-state index in [9.17, 15) is 5.11 Å². The normalized spacial score (nSPS) is 16.4. The molecule has 1 unspecified atom stereocenters. The van der Waals surface area contributed by atoms with E-state index in [2.05, 4.69) is 24.4 Å². The van der Waals surface area contributed by atoms with Gasteiger partial charge in [0.1, 0.15) is 5.75 Å². The lowest BCUT2D eigenvalue weighted by Crippen LogP contribution is -2.28. The van der Waals surface area contributed by atoms with Crippen molar-refractivity contribution in [3.05, 3.63) is 41.0 Å². The van der Waals surface area contributed by atoms with Crippen LogP contribution in [0.15, 0.2) is 29.8 Å². The maximum atomic E-state index is 9.44. The van der Waals surface area contributed by atoms with Crippen molar-refractivity contribution in [2.45, 2.75) is 58.7 Å². The van der Waals surface area contributed by atoms with E-state index < -0.39 is 0 Å². The number of hydrogen-bond donors (Lipinski definition) is 2. The fourth-order valence-electron chi connectivity index (χ4n) is 2.82. The molecule has 0 aliphatic heterocycles. The van der Waals surface area contributed by atoms with Gasteiger partial charge in [0, 0.05) is 18.2 Å². The molecule has 1 aliphatic carbocycles. The zero-order valence-electron chi connectivity index (χ0n) is 13.2. The first-order valence-corrected chi connectivity index (χ1v) is 8.02. The van der Waals surface area contributed by atoms with Gasteiger partial charge < -0.3 is 15.2 Å². The number of allylic oxidation sites excluding steroid dienone is 1. The van der Waals surface area contributed by atoms with Gasteiger partial charge in [0.25, 0.3) is 0 Å². The van der Waals surface area contributed by atoms with Crippen LogP contribution in [0.25, 0.3) is 0 Å². The van der Waals surface area contributed by atoms with Crippen molar-refractivity contribution in [3.63, 3.8) is 0 Å². The third kappa shape index (κ3) is 4.58. The highest BCUT2D eigenvalue weighted by Crippen LogP contribution is 2.22. The predicted octanol–water partition coefficient (Wildman–Crippen LogP) is 3.56. The number of aliphatic hydroxyl groups is 1. The number of rotatable bonds is 7. The first kappa shape index (κ1) is 16.1. The number of aliphatic hydroxyl groups excluding tert-OH is 1. The zero-order chi connectivity index (χ0) is 15.1. The summed E-state index contributed by atoms with van der Waals surface area (Å²) in [6.45, 7) is 5.65. The van der Waals surface area contributed by atoms with Gasteiger partial charge >= 0.3 is 0 Å². The van der Waals surface area contributed by atoms with E-state index in [1.807, 2.05) is 19.1 Å². The molecule has 0 spiro atoms. The van der Waals surface area contributed by atoms with Crippen molar-refractivity contribution in [1.29, 1.82) is 0 Å². The molecule has 2 N–H and O–H groups in total. The molecule has 0 amide bonds.